The summed E-state index contributed by atoms with van der Waals surface area (Å²) in [4.78, 5) is 39.0. The third kappa shape index (κ3) is 7.64. The predicted molar refractivity (Wildman–Crippen MR) is 177 cm³/mol. The Bertz CT molecular complexity index is 1200. The normalized spacial score (nSPS) is 22.1. The zero-order chi connectivity index (χ0) is 32.5. The molecule has 2 aliphatic heterocycles. The Labute approximate surface area is 265 Å². The van der Waals surface area contributed by atoms with Gasteiger partial charge in [0.2, 0.25) is 0 Å². The standard InChI is InChI=1S/C36H56N4O4/c1-11-17-43-39-33(3,4)21-29(22-34(39,5)6)37-31(41)27-15-13-26-20-28(16-14-25(26)19-27)32(42)38-30-23-35(7,8)40(44-18-12-2)36(9,10)24-30/h13-16,19-20,29-30H,11-12,17-18,21-24H2,1-10H3,(H,37,41)(H,38,42). The van der Waals surface area contributed by atoms with Gasteiger partial charge in [0.15, 0.2) is 0 Å². The minimum Gasteiger partial charge on any atom is -0.349 e. The number of benzene rings is 2. The average molecular weight is 609 g/mol. The van der Waals surface area contributed by atoms with E-state index in [0.29, 0.717) is 24.3 Å². The minimum absolute atomic E-state index is 0.0378. The molecular weight excluding hydrogens is 552 g/mol. The predicted octanol–water partition coefficient (Wildman–Crippen LogP) is 7.03. The Kier molecular flexibility index (Phi) is 10.2. The molecule has 0 bridgehead atoms. The minimum atomic E-state index is -0.208. The summed E-state index contributed by atoms with van der Waals surface area (Å²) < 4.78 is 0. The molecule has 0 saturated carbocycles. The fourth-order valence-corrected chi connectivity index (χ4v) is 7.86. The van der Waals surface area contributed by atoms with Crippen molar-refractivity contribution in [1.82, 2.24) is 20.8 Å². The van der Waals surface area contributed by atoms with E-state index in [1.54, 1.807) is 0 Å². The molecule has 44 heavy (non-hydrogen) atoms. The molecule has 0 unspecified atom stereocenters. The van der Waals surface area contributed by atoms with Crippen LogP contribution in [0.4, 0.5) is 0 Å². The summed E-state index contributed by atoms with van der Waals surface area (Å²) in [6.07, 6.45) is 5.13. The first-order chi connectivity index (χ1) is 20.5. The van der Waals surface area contributed by atoms with E-state index in [1.807, 2.05) is 36.4 Å². The van der Waals surface area contributed by atoms with Gasteiger partial charge in [-0.1, -0.05) is 26.0 Å². The molecule has 8 heteroatoms. The second kappa shape index (κ2) is 13.1. The van der Waals surface area contributed by atoms with Gasteiger partial charge in [-0.3, -0.25) is 19.3 Å². The van der Waals surface area contributed by atoms with Crippen LogP contribution in [0.15, 0.2) is 36.4 Å². The number of carbonyl (C=O) groups is 2. The molecule has 244 valence electrons. The van der Waals surface area contributed by atoms with Gasteiger partial charge in [-0.15, -0.1) is 0 Å². The van der Waals surface area contributed by atoms with Gasteiger partial charge < -0.3 is 10.6 Å². The van der Waals surface area contributed by atoms with Crippen LogP contribution in [-0.4, -0.2) is 69.4 Å². The number of fused-ring (bicyclic) bond motifs is 1. The first-order valence-electron chi connectivity index (χ1n) is 16.5. The lowest BCUT2D eigenvalue weighted by molar-refractivity contribution is -0.283. The summed E-state index contributed by atoms with van der Waals surface area (Å²) in [7, 11) is 0. The number of rotatable bonds is 10. The van der Waals surface area contributed by atoms with Crippen molar-refractivity contribution in [1.29, 1.82) is 0 Å². The maximum absolute atomic E-state index is 13.4. The lowest BCUT2D eigenvalue weighted by atomic mass is 9.79. The van der Waals surface area contributed by atoms with E-state index in [4.69, 9.17) is 9.68 Å². The van der Waals surface area contributed by atoms with E-state index in [1.165, 1.54) is 0 Å². The smallest absolute Gasteiger partial charge is 0.251 e. The van der Waals surface area contributed by atoms with Gasteiger partial charge in [-0.25, -0.2) is 0 Å². The van der Waals surface area contributed by atoms with Crippen molar-refractivity contribution >= 4 is 22.6 Å². The van der Waals surface area contributed by atoms with Crippen LogP contribution in [0.25, 0.3) is 10.8 Å². The van der Waals surface area contributed by atoms with E-state index in [2.05, 4.69) is 90.0 Å². The number of hydroxylamine groups is 4. The molecule has 2 amide bonds. The molecule has 4 rings (SSSR count). The van der Waals surface area contributed by atoms with Crippen molar-refractivity contribution < 1.29 is 19.3 Å². The quantitative estimate of drug-likeness (QED) is 0.302. The largest absolute Gasteiger partial charge is 0.349 e. The Hall–Kier alpha value is -2.52. The highest BCUT2D eigenvalue weighted by Gasteiger charge is 2.48. The molecule has 2 aliphatic rings. The zero-order valence-corrected chi connectivity index (χ0v) is 28.8. The van der Waals surface area contributed by atoms with E-state index < -0.39 is 0 Å². The maximum atomic E-state index is 13.4. The lowest BCUT2D eigenvalue weighted by Gasteiger charge is -2.53. The molecule has 2 aromatic rings. The van der Waals surface area contributed by atoms with Crippen LogP contribution in [0.5, 0.6) is 0 Å². The average Bonchev–Trinajstić information content (AvgIpc) is 2.90. The number of nitrogens with zero attached hydrogens (tertiary/aromatic N) is 2. The van der Waals surface area contributed by atoms with Crippen molar-refractivity contribution in [2.45, 2.75) is 142 Å². The highest BCUT2D eigenvalue weighted by atomic mass is 16.7. The lowest BCUT2D eigenvalue weighted by Crippen LogP contribution is -2.64. The molecule has 2 aromatic carbocycles. The van der Waals surface area contributed by atoms with Gasteiger partial charge in [0.05, 0.1) is 13.2 Å². The SMILES string of the molecule is CCCON1C(C)(C)CC(NC(=O)c2ccc3cc(C(=O)NC4CC(C)(C)N(OCCC)C(C)(C)C4)ccc3c2)CC1(C)C. The monoisotopic (exact) mass is 608 g/mol. The molecule has 0 aliphatic carbocycles. The molecule has 8 nitrogen and oxygen atoms in total. The van der Waals surface area contributed by atoms with Gasteiger partial charge in [0, 0.05) is 45.4 Å². The second-order valence-corrected chi connectivity index (χ2v) is 15.4. The molecule has 0 atom stereocenters. The molecule has 0 spiro atoms. The zero-order valence-electron chi connectivity index (χ0n) is 28.8. The van der Waals surface area contributed by atoms with Gasteiger partial charge in [-0.2, -0.15) is 10.1 Å². The number of hydrogen-bond donors (Lipinski definition) is 2. The summed E-state index contributed by atoms with van der Waals surface area (Å²) in [5.41, 5.74) is 0.412. The number of amides is 2. The maximum Gasteiger partial charge on any atom is 0.251 e. The van der Waals surface area contributed by atoms with E-state index >= 15 is 0 Å². The number of nitrogens with one attached hydrogen (secondary N) is 2. The van der Waals surface area contributed by atoms with E-state index in [0.717, 1.165) is 49.3 Å². The summed E-state index contributed by atoms with van der Waals surface area (Å²) in [5.74, 6) is -0.152. The van der Waals surface area contributed by atoms with Crippen LogP contribution in [0, 0.1) is 0 Å². The summed E-state index contributed by atoms with van der Waals surface area (Å²) in [6.45, 7) is 23.0. The fourth-order valence-electron chi connectivity index (χ4n) is 7.86. The molecule has 2 heterocycles. The third-order valence-electron chi connectivity index (χ3n) is 9.07. The molecule has 0 radical (unpaired) electrons. The van der Waals surface area contributed by atoms with Crippen LogP contribution in [0.2, 0.25) is 0 Å². The van der Waals surface area contributed by atoms with Crippen molar-refractivity contribution in [2.75, 3.05) is 13.2 Å². The van der Waals surface area contributed by atoms with Crippen molar-refractivity contribution in [3.63, 3.8) is 0 Å². The Morgan fingerprint density at radius 1 is 0.636 bits per heavy atom. The van der Waals surface area contributed by atoms with Crippen molar-refractivity contribution in [3.05, 3.63) is 47.5 Å². The number of carbonyl (C=O) groups excluding carboxylic acids is 2. The molecule has 2 fully saturated rings. The number of piperidine rings is 2. The fraction of sp³-hybridized carbons (Fsp3) is 0.667. The highest BCUT2D eigenvalue weighted by Crippen LogP contribution is 2.40. The van der Waals surface area contributed by atoms with Crippen LogP contribution in [-0.2, 0) is 9.68 Å². The van der Waals surface area contributed by atoms with Crippen LogP contribution in [0.1, 0.15) is 128 Å². The summed E-state index contributed by atoms with van der Waals surface area (Å²) in [5, 5.41) is 12.7. The van der Waals surface area contributed by atoms with Gasteiger partial charge in [-0.05, 0) is 129 Å². The first-order valence-corrected chi connectivity index (χ1v) is 16.5. The first kappa shape index (κ1) is 34.4. The summed E-state index contributed by atoms with van der Waals surface area (Å²) in [6, 6.07) is 11.5. The van der Waals surface area contributed by atoms with Gasteiger partial charge >= 0.3 is 0 Å². The Morgan fingerprint density at radius 2 is 0.955 bits per heavy atom. The number of hydrogen-bond acceptors (Lipinski definition) is 6. The molecule has 0 aromatic heterocycles. The third-order valence-corrected chi connectivity index (χ3v) is 9.07. The molecule has 2 N–H and O–H groups in total. The molecular formula is C36H56N4O4. The van der Waals surface area contributed by atoms with E-state index in [9.17, 15) is 9.59 Å². The van der Waals surface area contributed by atoms with Gasteiger partial charge in [0.1, 0.15) is 0 Å². The van der Waals surface area contributed by atoms with Crippen molar-refractivity contribution in [2.24, 2.45) is 0 Å². The second-order valence-electron chi connectivity index (χ2n) is 15.4. The highest BCUT2D eigenvalue weighted by molar-refractivity contribution is 6.02. The van der Waals surface area contributed by atoms with Crippen LogP contribution in [0.3, 0.4) is 0 Å². The topological polar surface area (TPSA) is 83.1 Å². The molecule has 2 saturated heterocycles. The van der Waals surface area contributed by atoms with Crippen LogP contribution < -0.4 is 10.6 Å². The Morgan fingerprint density at radius 3 is 1.25 bits per heavy atom. The van der Waals surface area contributed by atoms with E-state index in [-0.39, 0.29) is 46.1 Å². The Balaban J connectivity index is 1.42. The summed E-state index contributed by atoms with van der Waals surface area (Å²) >= 11 is 0. The van der Waals surface area contributed by atoms with Crippen LogP contribution >= 0.6 is 0 Å². The van der Waals surface area contributed by atoms with Gasteiger partial charge in [0.25, 0.3) is 11.8 Å². The van der Waals surface area contributed by atoms with Crippen molar-refractivity contribution in [3.8, 4) is 0 Å².